The predicted molar refractivity (Wildman–Crippen MR) is 116 cm³/mol. The van der Waals surface area contributed by atoms with E-state index in [9.17, 15) is 4.79 Å². The summed E-state index contributed by atoms with van der Waals surface area (Å²) < 4.78 is 0. The van der Waals surface area contributed by atoms with Gasteiger partial charge >= 0.3 is 0 Å². The van der Waals surface area contributed by atoms with Gasteiger partial charge in [0.25, 0.3) is 5.56 Å². The van der Waals surface area contributed by atoms with Gasteiger partial charge in [-0.15, -0.1) is 5.10 Å². The summed E-state index contributed by atoms with van der Waals surface area (Å²) in [6, 6.07) is 4.55. The average molecular weight is 419 g/mol. The highest BCUT2D eigenvalue weighted by atomic mass is 16.1. The van der Waals surface area contributed by atoms with E-state index in [1.807, 2.05) is 6.07 Å². The van der Waals surface area contributed by atoms with Crippen LogP contribution in [0.5, 0.6) is 0 Å². The van der Waals surface area contributed by atoms with E-state index in [1.165, 1.54) is 5.56 Å². The Morgan fingerprint density at radius 2 is 2.06 bits per heavy atom. The highest BCUT2D eigenvalue weighted by Gasteiger charge is 2.28. The molecule has 2 aliphatic heterocycles. The van der Waals surface area contributed by atoms with Crippen molar-refractivity contribution in [2.75, 3.05) is 24.5 Å². The molecule has 0 bridgehead atoms. The number of H-pyrrole nitrogens is 2. The number of nitrogens with one attached hydrogen (secondary N) is 2. The number of aromatic amines is 2. The van der Waals surface area contributed by atoms with Gasteiger partial charge in [0, 0.05) is 25.6 Å². The van der Waals surface area contributed by atoms with E-state index in [2.05, 4.69) is 71.9 Å². The molecule has 3 aromatic rings. The zero-order valence-corrected chi connectivity index (χ0v) is 17.7. The topological polar surface area (TPSA) is 119 Å². The Labute approximate surface area is 178 Å². The molecule has 0 aliphatic carbocycles. The van der Waals surface area contributed by atoms with Crippen LogP contribution in [-0.2, 0) is 6.42 Å². The smallest absolute Gasteiger partial charge is 0.279 e. The number of aromatic nitrogens is 6. The maximum atomic E-state index is 12.6. The monoisotopic (exact) mass is 419 g/mol. The van der Waals surface area contributed by atoms with Crippen molar-refractivity contribution in [1.82, 2.24) is 35.5 Å². The van der Waals surface area contributed by atoms with Gasteiger partial charge in [-0.1, -0.05) is 6.58 Å². The molecule has 4 heterocycles. The summed E-state index contributed by atoms with van der Waals surface area (Å²) in [5.74, 6) is 1.38. The Bertz CT molecular complexity index is 1280. The fourth-order valence-corrected chi connectivity index (χ4v) is 4.48. The number of benzene rings is 1. The molecule has 0 amide bonds. The second-order valence-electron chi connectivity index (χ2n) is 8.26. The van der Waals surface area contributed by atoms with Gasteiger partial charge in [0.1, 0.15) is 11.3 Å². The highest BCUT2D eigenvalue weighted by Crippen LogP contribution is 2.36. The van der Waals surface area contributed by atoms with Crippen molar-refractivity contribution in [2.45, 2.75) is 39.2 Å². The molecule has 1 atom stereocenters. The second-order valence-corrected chi connectivity index (χ2v) is 8.26. The third kappa shape index (κ3) is 3.63. The Kier molecular flexibility index (Phi) is 4.85. The molecule has 2 N–H and O–H groups in total. The first kappa shape index (κ1) is 19.6. The van der Waals surface area contributed by atoms with Gasteiger partial charge in [-0.2, -0.15) is 0 Å². The van der Waals surface area contributed by atoms with Crippen molar-refractivity contribution in [2.24, 2.45) is 4.99 Å². The molecule has 1 saturated heterocycles. The van der Waals surface area contributed by atoms with Gasteiger partial charge in [0.2, 0.25) is 0 Å². The van der Waals surface area contributed by atoms with Crippen LogP contribution < -0.4 is 21.3 Å². The molecule has 2 aliphatic rings. The molecule has 31 heavy (non-hydrogen) atoms. The van der Waals surface area contributed by atoms with Crippen LogP contribution in [0, 0.1) is 13.8 Å². The van der Waals surface area contributed by atoms with Crippen molar-refractivity contribution < 1.29 is 0 Å². The quantitative estimate of drug-likeness (QED) is 0.615. The van der Waals surface area contributed by atoms with Crippen LogP contribution in [0.4, 0.5) is 17.2 Å². The summed E-state index contributed by atoms with van der Waals surface area (Å²) in [6.45, 7) is 10.5. The zero-order valence-electron chi connectivity index (χ0n) is 17.7. The van der Waals surface area contributed by atoms with Crippen molar-refractivity contribution in [3.8, 4) is 0 Å². The fraction of sp³-hybridized carbons (Fsp3) is 0.429. The normalized spacial score (nSPS) is 18.0. The Morgan fingerprint density at radius 3 is 2.87 bits per heavy atom. The van der Waals surface area contributed by atoms with Crippen LogP contribution in [0.1, 0.15) is 29.8 Å². The van der Waals surface area contributed by atoms with E-state index in [1.54, 1.807) is 0 Å². The molecule has 2 aromatic heterocycles. The molecule has 10 heteroatoms. The molecule has 160 valence electrons. The summed E-state index contributed by atoms with van der Waals surface area (Å²) in [7, 11) is 0. The number of anilines is 2. The number of likely N-dealkylation sites (tertiary alicyclic amines) is 1. The minimum Gasteiger partial charge on any atom is -0.321 e. The van der Waals surface area contributed by atoms with Gasteiger partial charge in [-0.25, -0.2) is 15.1 Å². The summed E-state index contributed by atoms with van der Waals surface area (Å²) in [5, 5.41) is 14.6. The Hall–Kier alpha value is -3.40. The van der Waals surface area contributed by atoms with Gasteiger partial charge in [0.05, 0.1) is 11.4 Å². The lowest BCUT2D eigenvalue weighted by atomic mass is 10.1. The summed E-state index contributed by atoms with van der Waals surface area (Å²) in [5.41, 5.74) is 4.17. The maximum Gasteiger partial charge on any atom is 0.279 e. The SMILES string of the molecule is C=c1nc2c(c(=O)[nH]1)=Nc1cc(C)c(C)cc1N2CCN1CCC[C@@H]1Cc1nnn[nH]1. The number of nitrogens with zero attached hydrogens (tertiary/aromatic N) is 7. The van der Waals surface area contributed by atoms with Gasteiger partial charge in [0.15, 0.2) is 11.2 Å². The minimum absolute atomic E-state index is 0.263. The maximum absolute atomic E-state index is 12.6. The Balaban J connectivity index is 1.47. The molecule has 0 radical (unpaired) electrons. The fourth-order valence-electron chi connectivity index (χ4n) is 4.48. The molecule has 0 saturated carbocycles. The van der Waals surface area contributed by atoms with Gasteiger partial charge in [-0.05, 0) is 66.9 Å². The Morgan fingerprint density at radius 1 is 1.23 bits per heavy atom. The first-order valence-corrected chi connectivity index (χ1v) is 10.5. The van der Waals surface area contributed by atoms with Gasteiger partial charge in [-0.3, -0.25) is 9.69 Å². The number of aryl methyl sites for hydroxylation is 2. The lowest BCUT2D eigenvalue weighted by molar-refractivity contribution is 0.256. The molecule has 10 nitrogen and oxygen atoms in total. The minimum atomic E-state index is -0.263. The number of hydrogen-bond donors (Lipinski definition) is 2. The van der Waals surface area contributed by atoms with E-state index in [0.29, 0.717) is 29.2 Å². The standard InChI is InChI=1S/C21H25N9O/c1-12-9-16-17(10-13(12)2)30(20-19(24-16)21(31)23-14(3)22-20)8-7-29-6-4-5-15(29)11-18-25-27-28-26-18/h9-10,15H,3-8,11H2,1-2H3,(H,23,31)(H,25,26,27,28)/t15-/m1/s1. The van der Waals surface area contributed by atoms with E-state index in [-0.39, 0.29) is 5.56 Å². The lowest BCUT2D eigenvalue weighted by Crippen LogP contribution is -2.45. The number of rotatable bonds is 5. The molecule has 1 fully saturated rings. The molecular weight excluding hydrogens is 394 g/mol. The highest BCUT2D eigenvalue weighted by molar-refractivity contribution is 5.77. The molecule has 0 spiro atoms. The molecular formula is C21H25N9O. The predicted octanol–water partition coefficient (Wildman–Crippen LogP) is 0.420. The van der Waals surface area contributed by atoms with Crippen LogP contribution in [0.2, 0.25) is 0 Å². The average Bonchev–Trinajstić information content (AvgIpc) is 3.40. The lowest BCUT2D eigenvalue weighted by Gasteiger charge is -2.31. The molecule has 0 unspecified atom stereocenters. The van der Waals surface area contributed by atoms with Crippen LogP contribution in [0.25, 0.3) is 6.58 Å². The van der Waals surface area contributed by atoms with Gasteiger partial charge < -0.3 is 9.88 Å². The summed E-state index contributed by atoms with van der Waals surface area (Å²) >= 11 is 0. The van der Waals surface area contributed by atoms with Crippen LogP contribution in [0.3, 0.4) is 0 Å². The largest absolute Gasteiger partial charge is 0.321 e. The zero-order chi connectivity index (χ0) is 21.5. The first-order valence-electron chi connectivity index (χ1n) is 10.5. The third-order valence-corrected chi connectivity index (χ3v) is 6.22. The molecule has 1 aromatic carbocycles. The van der Waals surface area contributed by atoms with Crippen molar-refractivity contribution >= 4 is 23.8 Å². The van der Waals surface area contributed by atoms with Crippen molar-refractivity contribution in [1.29, 1.82) is 0 Å². The van der Waals surface area contributed by atoms with E-state index >= 15 is 0 Å². The number of tetrazole rings is 1. The van der Waals surface area contributed by atoms with Crippen LogP contribution >= 0.6 is 0 Å². The van der Waals surface area contributed by atoms with Crippen LogP contribution in [0.15, 0.2) is 21.9 Å². The van der Waals surface area contributed by atoms with Crippen molar-refractivity contribution in [3.05, 3.63) is 50.3 Å². The summed E-state index contributed by atoms with van der Waals surface area (Å²) in [4.78, 5) is 29.0. The van der Waals surface area contributed by atoms with E-state index in [4.69, 9.17) is 0 Å². The molecule has 5 rings (SSSR count). The number of hydrogen-bond acceptors (Lipinski definition) is 8. The third-order valence-electron chi connectivity index (χ3n) is 6.22. The second kappa shape index (κ2) is 7.69. The van der Waals surface area contributed by atoms with E-state index < -0.39 is 0 Å². The number of fused-ring (bicyclic) bond motifs is 2. The van der Waals surface area contributed by atoms with Crippen LogP contribution in [-0.4, -0.2) is 61.2 Å². The van der Waals surface area contributed by atoms with E-state index in [0.717, 1.165) is 55.1 Å². The summed E-state index contributed by atoms with van der Waals surface area (Å²) in [6.07, 6.45) is 3.06. The first-order chi connectivity index (χ1) is 15.0. The van der Waals surface area contributed by atoms with Crippen molar-refractivity contribution in [3.63, 3.8) is 0 Å².